The molecule has 1 aromatic rings. The molecule has 1 heterocycles. The van der Waals surface area contributed by atoms with E-state index in [4.69, 9.17) is 0 Å². The van der Waals surface area contributed by atoms with Crippen LogP contribution in [0.3, 0.4) is 0 Å². The van der Waals surface area contributed by atoms with Crippen molar-refractivity contribution in [1.82, 2.24) is 0 Å². The zero-order valence-corrected chi connectivity index (χ0v) is 11.6. The van der Waals surface area contributed by atoms with Gasteiger partial charge in [0, 0.05) is 16.8 Å². The predicted octanol–water partition coefficient (Wildman–Crippen LogP) is 4.42. The second kappa shape index (κ2) is 4.81. The van der Waals surface area contributed by atoms with Crippen LogP contribution in [0.25, 0.3) is 22.8 Å². The number of rotatable bonds is 1. The molecular weight excluding hydrogens is 277 g/mol. The molecule has 0 aromatic heterocycles. The van der Waals surface area contributed by atoms with E-state index in [0.717, 1.165) is 16.7 Å². The van der Waals surface area contributed by atoms with Crippen molar-refractivity contribution < 1.29 is 9.18 Å². The standard InChI is InChI=1S/C19H12FNO/c20-14-8-9-18-16(11-14)17(19(22)21-18)10-13-5-2-1-4-12-6-3-7-15(12)13/h1-11H,(H,21,22). The van der Waals surface area contributed by atoms with E-state index >= 15 is 0 Å². The summed E-state index contributed by atoms with van der Waals surface area (Å²) in [6.07, 6.45) is 1.82. The quantitative estimate of drug-likeness (QED) is 0.660. The number of carbonyl (C=O) groups excluding carboxylic acids is 1. The Morgan fingerprint density at radius 2 is 1.73 bits per heavy atom. The van der Waals surface area contributed by atoms with Crippen LogP contribution in [0.2, 0.25) is 0 Å². The van der Waals surface area contributed by atoms with E-state index in [9.17, 15) is 9.18 Å². The third-order valence-electron chi connectivity index (χ3n) is 3.89. The van der Waals surface area contributed by atoms with Gasteiger partial charge in [-0.05, 0) is 41.0 Å². The van der Waals surface area contributed by atoms with Gasteiger partial charge in [-0.25, -0.2) is 4.39 Å². The third-order valence-corrected chi connectivity index (χ3v) is 3.89. The summed E-state index contributed by atoms with van der Waals surface area (Å²) in [5, 5.41) is 2.77. The highest BCUT2D eigenvalue weighted by atomic mass is 19.1. The molecule has 0 unspecified atom stereocenters. The average molecular weight is 289 g/mol. The van der Waals surface area contributed by atoms with Gasteiger partial charge in [0.25, 0.3) is 5.91 Å². The van der Waals surface area contributed by atoms with E-state index in [1.54, 1.807) is 6.07 Å². The zero-order chi connectivity index (χ0) is 15.1. The van der Waals surface area contributed by atoms with Gasteiger partial charge >= 0.3 is 0 Å². The Morgan fingerprint density at radius 3 is 2.64 bits per heavy atom. The lowest BCUT2D eigenvalue weighted by Crippen LogP contribution is -2.03. The molecule has 22 heavy (non-hydrogen) atoms. The fraction of sp³-hybridized carbons (Fsp3) is 0. The second-order valence-electron chi connectivity index (χ2n) is 5.27. The van der Waals surface area contributed by atoms with Gasteiger partial charge in [0.05, 0.1) is 0 Å². The van der Waals surface area contributed by atoms with Crippen molar-refractivity contribution in [2.45, 2.75) is 0 Å². The summed E-state index contributed by atoms with van der Waals surface area (Å²) in [4.78, 5) is 12.2. The third kappa shape index (κ3) is 1.99. The van der Waals surface area contributed by atoms with Crippen molar-refractivity contribution in [1.29, 1.82) is 0 Å². The summed E-state index contributed by atoms with van der Waals surface area (Å²) in [5.74, 6) is -0.551. The Morgan fingerprint density at radius 1 is 0.909 bits per heavy atom. The molecule has 1 aliphatic heterocycles. The highest BCUT2D eigenvalue weighted by molar-refractivity contribution is 6.35. The molecular formula is C19H12FNO. The topological polar surface area (TPSA) is 29.1 Å². The highest BCUT2D eigenvalue weighted by Crippen LogP contribution is 2.35. The van der Waals surface area contributed by atoms with Gasteiger partial charge in [0.15, 0.2) is 0 Å². The van der Waals surface area contributed by atoms with E-state index in [1.807, 2.05) is 48.5 Å². The first kappa shape index (κ1) is 12.8. The Kier molecular flexibility index (Phi) is 2.79. The summed E-state index contributed by atoms with van der Waals surface area (Å²) in [6, 6.07) is 18.2. The Bertz CT molecular complexity index is 898. The maximum absolute atomic E-state index is 13.5. The number of halogens is 1. The SMILES string of the molecule is O=C1Nc2ccc(F)cc2C1=Cc1ccccc2cccc1-2. The number of amides is 1. The predicted molar refractivity (Wildman–Crippen MR) is 86.0 cm³/mol. The van der Waals surface area contributed by atoms with E-state index < -0.39 is 0 Å². The van der Waals surface area contributed by atoms with Crippen molar-refractivity contribution in [2.75, 3.05) is 5.32 Å². The summed E-state index contributed by atoms with van der Waals surface area (Å²) < 4.78 is 13.5. The molecule has 0 bridgehead atoms. The summed E-state index contributed by atoms with van der Waals surface area (Å²) in [7, 11) is 0. The molecule has 0 atom stereocenters. The number of nitrogens with one attached hydrogen (secondary N) is 1. The molecule has 0 saturated heterocycles. The fourth-order valence-corrected chi connectivity index (χ4v) is 2.84. The van der Waals surface area contributed by atoms with Gasteiger partial charge in [-0.1, -0.05) is 42.5 Å². The van der Waals surface area contributed by atoms with E-state index in [0.29, 0.717) is 16.8 Å². The molecule has 1 aromatic carbocycles. The van der Waals surface area contributed by atoms with Crippen molar-refractivity contribution in [3.63, 3.8) is 0 Å². The number of hydrogen-bond donors (Lipinski definition) is 1. The molecule has 3 aliphatic rings. The van der Waals surface area contributed by atoms with Gasteiger partial charge in [-0.2, -0.15) is 0 Å². The van der Waals surface area contributed by atoms with E-state index in [1.165, 1.54) is 12.1 Å². The van der Waals surface area contributed by atoms with E-state index in [2.05, 4.69) is 5.32 Å². The minimum Gasteiger partial charge on any atom is -0.321 e. The number of benzene rings is 1. The largest absolute Gasteiger partial charge is 0.321 e. The minimum absolute atomic E-state index is 0.202. The van der Waals surface area contributed by atoms with Crippen LogP contribution in [0.4, 0.5) is 10.1 Å². The summed E-state index contributed by atoms with van der Waals surface area (Å²) in [6.45, 7) is 0. The molecule has 0 spiro atoms. The van der Waals surface area contributed by atoms with Crippen LogP contribution in [0.15, 0.2) is 60.7 Å². The lowest BCUT2D eigenvalue weighted by molar-refractivity contribution is -0.110. The van der Waals surface area contributed by atoms with Crippen molar-refractivity contribution in [3.8, 4) is 11.1 Å². The molecule has 1 N–H and O–H groups in total. The van der Waals surface area contributed by atoms with Crippen LogP contribution in [0.1, 0.15) is 11.1 Å². The molecule has 3 heteroatoms. The van der Waals surface area contributed by atoms with Crippen LogP contribution < -0.4 is 5.32 Å². The highest BCUT2D eigenvalue weighted by Gasteiger charge is 2.24. The summed E-state index contributed by atoms with van der Waals surface area (Å²) >= 11 is 0. The molecule has 0 radical (unpaired) electrons. The Hall–Kier alpha value is -2.94. The second-order valence-corrected chi connectivity index (χ2v) is 5.27. The smallest absolute Gasteiger partial charge is 0.256 e. The average Bonchev–Trinajstić information content (AvgIpc) is 3.02. The normalized spacial score (nSPS) is 15.1. The number of carbonyl (C=O) groups is 1. The molecule has 2 aliphatic carbocycles. The molecule has 106 valence electrons. The van der Waals surface area contributed by atoms with Crippen molar-refractivity contribution in [3.05, 3.63) is 77.6 Å². The first-order valence-corrected chi connectivity index (χ1v) is 7.03. The summed E-state index contributed by atoms with van der Waals surface area (Å²) in [5.41, 5.74) is 4.85. The van der Waals surface area contributed by atoms with Gasteiger partial charge in [-0.15, -0.1) is 0 Å². The molecule has 0 fully saturated rings. The lowest BCUT2D eigenvalue weighted by Gasteiger charge is -2.01. The first-order chi connectivity index (χ1) is 10.7. The fourth-order valence-electron chi connectivity index (χ4n) is 2.84. The van der Waals surface area contributed by atoms with Crippen LogP contribution in [0.5, 0.6) is 0 Å². The molecule has 1 amide bonds. The monoisotopic (exact) mass is 289 g/mol. The minimum atomic E-state index is -0.349. The van der Waals surface area contributed by atoms with Gasteiger partial charge in [-0.3, -0.25) is 4.79 Å². The Labute approximate surface area is 127 Å². The van der Waals surface area contributed by atoms with Gasteiger partial charge < -0.3 is 5.32 Å². The van der Waals surface area contributed by atoms with Crippen LogP contribution in [-0.4, -0.2) is 5.91 Å². The van der Waals surface area contributed by atoms with E-state index in [-0.39, 0.29) is 11.7 Å². The molecule has 2 nitrogen and oxygen atoms in total. The lowest BCUT2D eigenvalue weighted by atomic mass is 10.0. The molecule has 4 rings (SSSR count). The first-order valence-electron chi connectivity index (χ1n) is 7.03. The van der Waals surface area contributed by atoms with Crippen molar-refractivity contribution in [2.24, 2.45) is 0 Å². The van der Waals surface area contributed by atoms with Crippen LogP contribution in [0, 0.1) is 5.82 Å². The Balaban J connectivity index is 1.91. The maximum atomic E-state index is 13.5. The zero-order valence-electron chi connectivity index (χ0n) is 11.6. The molecule has 0 saturated carbocycles. The number of hydrogen-bond acceptors (Lipinski definition) is 1. The van der Waals surface area contributed by atoms with Gasteiger partial charge in [0.2, 0.25) is 0 Å². The van der Waals surface area contributed by atoms with Crippen LogP contribution in [-0.2, 0) is 4.79 Å². The maximum Gasteiger partial charge on any atom is 0.256 e. The van der Waals surface area contributed by atoms with Gasteiger partial charge in [0.1, 0.15) is 5.82 Å². The number of anilines is 1. The number of fused-ring (bicyclic) bond motifs is 2. The van der Waals surface area contributed by atoms with Crippen LogP contribution >= 0.6 is 0 Å². The van der Waals surface area contributed by atoms with Crippen molar-refractivity contribution >= 4 is 23.2 Å².